The van der Waals surface area contributed by atoms with E-state index in [0.29, 0.717) is 15.2 Å². The summed E-state index contributed by atoms with van der Waals surface area (Å²) in [6, 6.07) is 2.64. The summed E-state index contributed by atoms with van der Waals surface area (Å²) in [4.78, 5) is 24.6. The summed E-state index contributed by atoms with van der Waals surface area (Å²) in [7, 11) is 0.887. The van der Waals surface area contributed by atoms with E-state index in [1.54, 1.807) is 0 Å². The summed E-state index contributed by atoms with van der Waals surface area (Å²) < 4.78 is 45.1. The van der Waals surface area contributed by atoms with Gasteiger partial charge in [-0.25, -0.2) is 9.36 Å². The van der Waals surface area contributed by atoms with E-state index in [9.17, 15) is 22.8 Å². The molecule has 3 aromatic rings. The lowest BCUT2D eigenvalue weighted by Gasteiger charge is -2.15. The van der Waals surface area contributed by atoms with Gasteiger partial charge in [-0.2, -0.15) is 18.4 Å². The molecular formula is C14H9Cl2F3N6O3. The van der Waals surface area contributed by atoms with Crippen molar-refractivity contribution < 1.29 is 17.9 Å². The number of hydrogen-bond acceptors (Lipinski definition) is 6. The highest BCUT2D eigenvalue weighted by Crippen LogP contribution is 2.33. The van der Waals surface area contributed by atoms with Gasteiger partial charge in [0.1, 0.15) is 11.4 Å². The number of nitrogens with one attached hydrogen (secondary N) is 1. The third-order valence-electron chi connectivity index (χ3n) is 3.60. The molecule has 2 heterocycles. The van der Waals surface area contributed by atoms with Crippen LogP contribution in [0.3, 0.4) is 0 Å². The normalized spacial score (nSPS) is 11.6. The molecule has 3 rings (SSSR count). The van der Waals surface area contributed by atoms with Crippen LogP contribution in [0.25, 0.3) is 5.69 Å². The van der Waals surface area contributed by atoms with Crippen LogP contribution < -0.4 is 16.0 Å². The first kappa shape index (κ1) is 19.9. The van der Waals surface area contributed by atoms with Gasteiger partial charge in [0.15, 0.2) is 6.61 Å². The van der Waals surface area contributed by atoms with Crippen LogP contribution in [0.1, 0.15) is 11.5 Å². The molecule has 2 aromatic heterocycles. The predicted molar refractivity (Wildman–Crippen MR) is 90.8 cm³/mol. The van der Waals surface area contributed by atoms with Crippen LogP contribution in [0.5, 0.6) is 5.75 Å². The Hall–Kier alpha value is -2.86. The Morgan fingerprint density at radius 3 is 2.50 bits per heavy atom. The summed E-state index contributed by atoms with van der Waals surface area (Å²) in [5.41, 5.74) is -4.05. The van der Waals surface area contributed by atoms with E-state index in [-0.39, 0.29) is 33.9 Å². The van der Waals surface area contributed by atoms with Crippen LogP contribution in [0, 0.1) is 0 Å². The minimum Gasteiger partial charge on any atom is -0.484 e. The minimum absolute atomic E-state index is 0.000261. The number of hydrogen-bond donors (Lipinski definition) is 1. The van der Waals surface area contributed by atoms with Crippen LogP contribution in [-0.2, 0) is 19.8 Å². The van der Waals surface area contributed by atoms with Gasteiger partial charge in [0.2, 0.25) is 5.82 Å². The van der Waals surface area contributed by atoms with Crippen molar-refractivity contribution in [2.75, 3.05) is 0 Å². The van der Waals surface area contributed by atoms with Crippen molar-refractivity contribution in [1.29, 1.82) is 0 Å². The smallest absolute Gasteiger partial charge is 0.431 e. The molecule has 0 amide bonds. The summed E-state index contributed by atoms with van der Waals surface area (Å²) in [5, 5.41) is 12.8. The Labute approximate surface area is 163 Å². The maximum atomic E-state index is 13.0. The Balaban J connectivity index is 2.11. The number of halogens is 5. The monoisotopic (exact) mass is 436 g/mol. The summed E-state index contributed by atoms with van der Waals surface area (Å²) in [6.45, 7) is -0.156. The van der Waals surface area contributed by atoms with Crippen LogP contribution in [0.4, 0.5) is 13.2 Å². The van der Waals surface area contributed by atoms with Crippen LogP contribution in [0.15, 0.2) is 27.8 Å². The van der Waals surface area contributed by atoms with Gasteiger partial charge in [0.25, 0.3) is 5.56 Å². The molecule has 0 bridgehead atoms. The molecule has 0 saturated heterocycles. The molecule has 148 valence electrons. The number of ether oxygens (including phenoxy) is 1. The molecule has 0 fully saturated rings. The molecule has 9 nitrogen and oxygen atoms in total. The van der Waals surface area contributed by atoms with Gasteiger partial charge in [0, 0.05) is 19.2 Å². The quantitative estimate of drug-likeness (QED) is 0.669. The number of tetrazole rings is 1. The fraction of sp³-hybridized carbons (Fsp3) is 0.214. The minimum atomic E-state index is -4.88. The van der Waals surface area contributed by atoms with Gasteiger partial charge < -0.3 is 4.74 Å². The molecule has 0 aliphatic carbocycles. The van der Waals surface area contributed by atoms with E-state index in [4.69, 9.17) is 27.9 Å². The van der Waals surface area contributed by atoms with E-state index in [1.807, 2.05) is 0 Å². The molecule has 0 atom stereocenters. The first-order valence-corrected chi connectivity index (χ1v) is 8.10. The third-order valence-corrected chi connectivity index (χ3v) is 4.20. The van der Waals surface area contributed by atoms with Gasteiger partial charge in [-0.3, -0.25) is 9.36 Å². The Morgan fingerprint density at radius 1 is 1.18 bits per heavy atom. The highest BCUT2D eigenvalue weighted by Gasteiger charge is 2.35. The predicted octanol–water partition coefficient (Wildman–Crippen LogP) is 1.95. The second-order valence-electron chi connectivity index (χ2n) is 5.39. The van der Waals surface area contributed by atoms with Crippen molar-refractivity contribution in [3.63, 3.8) is 0 Å². The maximum Gasteiger partial charge on any atom is 0.431 e. The Morgan fingerprint density at radius 2 is 1.89 bits per heavy atom. The van der Waals surface area contributed by atoms with Crippen LogP contribution in [0.2, 0.25) is 10.0 Å². The average Bonchev–Trinajstić information content (AvgIpc) is 3.11. The standard InChI is InChI=1S/C14H9Cl2F3N6O3/c1-24-10(14(17,18)19)4-12(26)25(13(24)27)8-3-9(7(16)2-6(8)15)28-5-11-20-22-23-21-11/h2-4H,5H2,1H3,(H,20,21,22,23). The first-order valence-electron chi connectivity index (χ1n) is 7.34. The summed E-state index contributed by atoms with van der Waals surface area (Å²) in [5.74, 6) is 0.190. The highest BCUT2D eigenvalue weighted by molar-refractivity contribution is 6.36. The molecule has 0 unspecified atom stereocenters. The van der Waals surface area contributed by atoms with Crippen molar-refractivity contribution in [1.82, 2.24) is 29.8 Å². The first-order chi connectivity index (χ1) is 13.1. The van der Waals surface area contributed by atoms with Gasteiger partial charge in [-0.1, -0.05) is 28.4 Å². The zero-order valence-electron chi connectivity index (χ0n) is 13.8. The zero-order chi connectivity index (χ0) is 20.6. The average molecular weight is 437 g/mol. The lowest BCUT2D eigenvalue weighted by atomic mass is 10.2. The summed E-state index contributed by atoms with van der Waals surface area (Å²) in [6.07, 6.45) is -4.88. The lowest BCUT2D eigenvalue weighted by Crippen LogP contribution is -2.40. The van der Waals surface area contributed by atoms with Crippen molar-refractivity contribution in [3.05, 3.63) is 60.6 Å². The second-order valence-corrected chi connectivity index (χ2v) is 6.21. The van der Waals surface area contributed by atoms with E-state index < -0.39 is 23.1 Å². The van der Waals surface area contributed by atoms with Crippen molar-refractivity contribution in [2.45, 2.75) is 12.8 Å². The largest absolute Gasteiger partial charge is 0.484 e. The molecule has 0 aliphatic heterocycles. The van der Waals surface area contributed by atoms with Crippen molar-refractivity contribution in [2.24, 2.45) is 7.05 Å². The van der Waals surface area contributed by atoms with E-state index in [0.717, 1.165) is 13.1 Å². The van der Waals surface area contributed by atoms with Crippen molar-refractivity contribution in [3.8, 4) is 11.4 Å². The number of nitrogens with zero attached hydrogens (tertiary/aromatic N) is 5. The van der Waals surface area contributed by atoms with Gasteiger partial charge in [-0.15, -0.1) is 10.2 Å². The topological polar surface area (TPSA) is 108 Å². The molecule has 1 aromatic carbocycles. The van der Waals surface area contributed by atoms with Gasteiger partial charge in [0.05, 0.1) is 15.7 Å². The number of rotatable bonds is 4. The zero-order valence-corrected chi connectivity index (χ0v) is 15.3. The molecule has 1 N–H and O–H groups in total. The molecule has 0 saturated carbocycles. The Kier molecular flexibility index (Phi) is 5.17. The SMILES string of the molecule is Cn1c(C(F)(F)F)cc(=O)n(-c2cc(OCc3nn[nH]n3)c(Cl)cc2Cl)c1=O. The third kappa shape index (κ3) is 3.73. The number of benzene rings is 1. The fourth-order valence-corrected chi connectivity index (χ4v) is 2.83. The van der Waals surface area contributed by atoms with Crippen LogP contribution in [-0.4, -0.2) is 29.8 Å². The molecule has 14 heteroatoms. The molecule has 28 heavy (non-hydrogen) atoms. The number of aromatic nitrogens is 6. The van der Waals surface area contributed by atoms with E-state index >= 15 is 0 Å². The van der Waals surface area contributed by atoms with E-state index in [1.165, 1.54) is 6.07 Å². The molecule has 0 spiro atoms. The number of aromatic amines is 1. The molecule has 0 radical (unpaired) electrons. The lowest BCUT2D eigenvalue weighted by molar-refractivity contribution is -0.144. The number of alkyl halides is 3. The Bertz CT molecular complexity index is 1140. The highest BCUT2D eigenvalue weighted by atomic mass is 35.5. The fourth-order valence-electron chi connectivity index (χ4n) is 2.31. The van der Waals surface area contributed by atoms with Crippen LogP contribution >= 0.6 is 23.2 Å². The molecular weight excluding hydrogens is 428 g/mol. The van der Waals surface area contributed by atoms with Gasteiger partial charge >= 0.3 is 11.9 Å². The summed E-state index contributed by atoms with van der Waals surface area (Å²) >= 11 is 12.1. The van der Waals surface area contributed by atoms with Crippen molar-refractivity contribution >= 4 is 23.2 Å². The second kappa shape index (κ2) is 7.28. The maximum absolute atomic E-state index is 13.0. The number of H-pyrrole nitrogens is 1. The van der Waals surface area contributed by atoms with E-state index in [2.05, 4.69) is 20.6 Å². The van der Waals surface area contributed by atoms with Gasteiger partial charge in [-0.05, 0) is 6.07 Å². The molecule has 0 aliphatic rings.